The molecular formula is C20H21Cl2N3O5. The van der Waals surface area contributed by atoms with Crippen molar-refractivity contribution in [3.8, 4) is 23.3 Å². The maximum absolute atomic E-state index is 6.11. The first-order chi connectivity index (χ1) is 14.3. The van der Waals surface area contributed by atoms with Crippen molar-refractivity contribution in [2.45, 2.75) is 39.1 Å². The van der Waals surface area contributed by atoms with Crippen LogP contribution < -0.4 is 9.47 Å². The Morgan fingerprint density at radius 2 is 1.97 bits per heavy atom. The third kappa shape index (κ3) is 4.62. The second-order valence-corrected chi connectivity index (χ2v) is 8.04. The highest BCUT2D eigenvalue weighted by molar-refractivity contribution is 6.42. The molecule has 0 saturated carbocycles. The Morgan fingerprint density at radius 3 is 2.67 bits per heavy atom. The van der Waals surface area contributed by atoms with Crippen molar-refractivity contribution in [3.05, 3.63) is 28.2 Å². The molecular weight excluding hydrogens is 433 g/mol. The normalized spacial score (nSPS) is 18.1. The van der Waals surface area contributed by atoms with Gasteiger partial charge in [-0.2, -0.15) is 9.97 Å². The number of fused-ring (bicyclic) bond motifs is 1. The van der Waals surface area contributed by atoms with Crippen LogP contribution in [0.2, 0.25) is 10.0 Å². The van der Waals surface area contributed by atoms with Crippen LogP contribution in [-0.4, -0.2) is 46.7 Å². The Balaban J connectivity index is 1.62. The van der Waals surface area contributed by atoms with Gasteiger partial charge in [0, 0.05) is 5.56 Å². The molecule has 1 atom stereocenters. The van der Waals surface area contributed by atoms with Crippen molar-refractivity contribution < 1.29 is 23.4 Å². The Morgan fingerprint density at radius 1 is 1.13 bits per heavy atom. The fourth-order valence-electron chi connectivity index (χ4n) is 2.91. The van der Waals surface area contributed by atoms with Gasteiger partial charge in [-0.25, -0.2) is 4.98 Å². The predicted octanol–water partition coefficient (Wildman–Crippen LogP) is 4.91. The molecule has 0 N–H and O–H groups in total. The van der Waals surface area contributed by atoms with E-state index in [0.717, 1.165) is 6.42 Å². The maximum atomic E-state index is 6.11. The molecule has 0 radical (unpaired) electrons. The van der Waals surface area contributed by atoms with Gasteiger partial charge in [0.05, 0.1) is 23.3 Å². The fourth-order valence-corrected chi connectivity index (χ4v) is 3.21. The molecule has 1 saturated heterocycles. The van der Waals surface area contributed by atoms with Gasteiger partial charge < -0.3 is 23.4 Å². The quantitative estimate of drug-likeness (QED) is 0.498. The minimum Gasteiger partial charge on any atom is -0.476 e. The SMILES string of the molecule is CCCOc1nc(OCC2COC(C)(C)O2)nc2oc(-c3ccc(Cl)c(Cl)c3)nc12. The molecule has 1 unspecified atom stereocenters. The third-order valence-corrected chi connectivity index (χ3v) is 5.02. The van der Waals surface area contributed by atoms with E-state index in [0.29, 0.717) is 40.2 Å². The van der Waals surface area contributed by atoms with Crippen LogP contribution in [0, 0.1) is 0 Å². The van der Waals surface area contributed by atoms with Crippen molar-refractivity contribution >= 4 is 34.4 Å². The van der Waals surface area contributed by atoms with Crippen LogP contribution in [0.3, 0.4) is 0 Å². The standard InChI is InChI=1S/C20H21Cl2N3O5/c1-4-7-26-17-15-18(29-16(23-15)11-5-6-13(21)14(22)8-11)25-19(24-17)27-9-12-10-28-20(2,3)30-12/h5-6,8,12H,4,7,9-10H2,1-3H3. The zero-order valence-electron chi connectivity index (χ0n) is 16.8. The van der Waals surface area contributed by atoms with E-state index < -0.39 is 5.79 Å². The number of ether oxygens (including phenoxy) is 4. The summed E-state index contributed by atoms with van der Waals surface area (Å²) in [5.74, 6) is -0.0186. The number of rotatable bonds is 7. The lowest BCUT2D eigenvalue weighted by Gasteiger charge is -2.17. The number of halogens is 2. The van der Waals surface area contributed by atoms with E-state index in [4.69, 9.17) is 46.6 Å². The van der Waals surface area contributed by atoms with Crippen molar-refractivity contribution in [2.24, 2.45) is 0 Å². The van der Waals surface area contributed by atoms with E-state index in [1.54, 1.807) is 18.2 Å². The molecule has 30 heavy (non-hydrogen) atoms. The van der Waals surface area contributed by atoms with Crippen molar-refractivity contribution in [3.63, 3.8) is 0 Å². The zero-order chi connectivity index (χ0) is 21.3. The van der Waals surface area contributed by atoms with E-state index in [1.807, 2.05) is 20.8 Å². The first-order valence-corrected chi connectivity index (χ1v) is 10.3. The van der Waals surface area contributed by atoms with E-state index in [9.17, 15) is 0 Å². The van der Waals surface area contributed by atoms with E-state index >= 15 is 0 Å². The third-order valence-electron chi connectivity index (χ3n) is 4.28. The molecule has 0 spiro atoms. The van der Waals surface area contributed by atoms with E-state index in [1.165, 1.54) is 0 Å². The van der Waals surface area contributed by atoms with Gasteiger partial charge in [0.25, 0.3) is 11.6 Å². The Hall–Kier alpha value is -2.13. The van der Waals surface area contributed by atoms with Crippen LogP contribution in [0.25, 0.3) is 22.7 Å². The number of aromatic nitrogens is 3. The molecule has 10 heteroatoms. The molecule has 4 rings (SSSR count). The average Bonchev–Trinajstić information content (AvgIpc) is 3.29. The fraction of sp³-hybridized carbons (Fsp3) is 0.450. The second kappa shape index (κ2) is 8.55. The highest BCUT2D eigenvalue weighted by Gasteiger charge is 2.33. The minimum atomic E-state index is -0.631. The summed E-state index contributed by atoms with van der Waals surface area (Å²) < 4.78 is 28.6. The molecule has 1 aromatic carbocycles. The van der Waals surface area contributed by atoms with Gasteiger partial charge in [-0.15, -0.1) is 0 Å². The molecule has 3 heterocycles. The Kier molecular flexibility index (Phi) is 6.02. The van der Waals surface area contributed by atoms with Gasteiger partial charge >= 0.3 is 6.01 Å². The first kappa shape index (κ1) is 21.1. The Bertz CT molecular complexity index is 1060. The first-order valence-electron chi connectivity index (χ1n) is 9.56. The predicted molar refractivity (Wildman–Crippen MR) is 111 cm³/mol. The van der Waals surface area contributed by atoms with Crippen LogP contribution in [0.4, 0.5) is 0 Å². The van der Waals surface area contributed by atoms with Crippen LogP contribution in [-0.2, 0) is 9.47 Å². The van der Waals surface area contributed by atoms with Gasteiger partial charge in [0.15, 0.2) is 11.3 Å². The van der Waals surface area contributed by atoms with E-state index in [2.05, 4.69) is 15.0 Å². The molecule has 0 bridgehead atoms. The van der Waals surface area contributed by atoms with Gasteiger partial charge in [-0.05, 0) is 38.5 Å². The molecule has 0 aliphatic carbocycles. The van der Waals surface area contributed by atoms with Crippen molar-refractivity contribution in [2.75, 3.05) is 19.8 Å². The summed E-state index contributed by atoms with van der Waals surface area (Å²) in [5, 5.41) is 0.843. The van der Waals surface area contributed by atoms with Crippen LogP contribution >= 0.6 is 23.2 Å². The topological polar surface area (TPSA) is 88.7 Å². The summed E-state index contributed by atoms with van der Waals surface area (Å²) in [6.07, 6.45) is 0.586. The summed E-state index contributed by atoms with van der Waals surface area (Å²) in [6, 6.07) is 5.22. The summed E-state index contributed by atoms with van der Waals surface area (Å²) in [5.41, 5.74) is 1.31. The molecule has 160 valence electrons. The Labute approximate surface area is 183 Å². The molecule has 1 aliphatic heterocycles. The summed E-state index contributed by atoms with van der Waals surface area (Å²) in [7, 11) is 0. The average molecular weight is 454 g/mol. The number of benzene rings is 1. The maximum Gasteiger partial charge on any atom is 0.323 e. The van der Waals surface area contributed by atoms with Gasteiger partial charge in [-0.1, -0.05) is 30.1 Å². The summed E-state index contributed by atoms with van der Waals surface area (Å²) >= 11 is 12.1. The molecule has 2 aromatic heterocycles. The van der Waals surface area contributed by atoms with Gasteiger partial charge in [0.2, 0.25) is 5.89 Å². The molecule has 8 nitrogen and oxygen atoms in total. The van der Waals surface area contributed by atoms with Crippen molar-refractivity contribution in [1.29, 1.82) is 0 Å². The van der Waals surface area contributed by atoms with Crippen LogP contribution in [0.1, 0.15) is 27.2 Å². The lowest BCUT2D eigenvalue weighted by Crippen LogP contribution is -2.25. The summed E-state index contributed by atoms with van der Waals surface area (Å²) in [6.45, 7) is 6.83. The molecule has 0 amide bonds. The molecule has 3 aromatic rings. The summed E-state index contributed by atoms with van der Waals surface area (Å²) in [4.78, 5) is 13.2. The second-order valence-electron chi connectivity index (χ2n) is 7.22. The number of hydrogen-bond acceptors (Lipinski definition) is 8. The lowest BCUT2D eigenvalue weighted by atomic mass is 10.2. The van der Waals surface area contributed by atoms with Crippen LogP contribution in [0.5, 0.6) is 11.9 Å². The monoisotopic (exact) mass is 453 g/mol. The number of oxazole rings is 1. The zero-order valence-corrected chi connectivity index (χ0v) is 18.3. The number of nitrogens with zero attached hydrogens (tertiary/aromatic N) is 3. The highest BCUT2D eigenvalue weighted by atomic mass is 35.5. The largest absolute Gasteiger partial charge is 0.476 e. The van der Waals surface area contributed by atoms with Crippen LogP contribution in [0.15, 0.2) is 22.6 Å². The highest BCUT2D eigenvalue weighted by Crippen LogP contribution is 2.33. The molecule has 1 aliphatic rings. The molecule has 1 fully saturated rings. The minimum absolute atomic E-state index is 0.110. The lowest BCUT2D eigenvalue weighted by molar-refractivity contribution is -0.141. The smallest absolute Gasteiger partial charge is 0.323 e. The van der Waals surface area contributed by atoms with Crippen molar-refractivity contribution in [1.82, 2.24) is 15.0 Å². The number of hydrogen-bond donors (Lipinski definition) is 0. The van der Waals surface area contributed by atoms with Gasteiger partial charge in [-0.3, -0.25) is 0 Å². The van der Waals surface area contributed by atoms with Gasteiger partial charge in [0.1, 0.15) is 12.7 Å². The van der Waals surface area contributed by atoms with E-state index in [-0.39, 0.29) is 30.3 Å².